The first-order valence-corrected chi connectivity index (χ1v) is 2.85. The maximum atomic E-state index is 5.15. The fourth-order valence-electron chi connectivity index (χ4n) is 0.794. The van der Waals surface area contributed by atoms with E-state index in [0.717, 1.165) is 26.2 Å². The Hall–Kier alpha value is -0.160. The minimum atomic E-state index is 0.997. The van der Waals surface area contributed by atoms with Crippen molar-refractivity contribution < 1.29 is 0 Å². The Kier molecular flexibility index (Phi) is 2.23. The molecule has 1 rings (SSSR count). The van der Waals surface area contributed by atoms with Crippen molar-refractivity contribution in [1.82, 2.24) is 15.9 Å². The van der Waals surface area contributed by atoms with Crippen molar-refractivity contribution in [3.63, 3.8) is 0 Å². The third-order valence-electron chi connectivity index (χ3n) is 1.30. The van der Waals surface area contributed by atoms with E-state index in [0.29, 0.717) is 0 Å². The molecule has 0 aromatic carbocycles. The maximum Gasteiger partial charge on any atom is 0.0270 e. The van der Waals surface area contributed by atoms with Gasteiger partial charge in [-0.15, -0.1) is 0 Å². The van der Waals surface area contributed by atoms with E-state index in [-0.39, 0.29) is 0 Å². The fraction of sp³-hybridized carbons (Fsp3) is 1.00. The number of nitrogens with one attached hydrogen (secondary N) is 2. The summed E-state index contributed by atoms with van der Waals surface area (Å²) in [5.74, 6) is 5.15. The highest BCUT2D eigenvalue weighted by atomic mass is 15.6. The van der Waals surface area contributed by atoms with E-state index in [1.807, 2.05) is 5.01 Å². The summed E-state index contributed by atoms with van der Waals surface area (Å²) < 4.78 is 0. The van der Waals surface area contributed by atoms with E-state index in [9.17, 15) is 0 Å². The van der Waals surface area contributed by atoms with Gasteiger partial charge in [0.25, 0.3) is 0 Å². The highest BCUT2D eigenvalue weighted by molar-refractivity contribution is 4.61. The molecule has 1 saturated heterocycles. The average molecular weight is 116 g/mol. The van der Waals surface area contributed by atoms with Crippen molar-refractivity contribution in [3.8, 4) is 0 Å². The van der Waals surface area contributed by atoms with Gasteiger partial charge in [-0.3, -0.25) is 5.84 Å². The number of hydrogen-bond acceptors (Lipinski definition) is 4. The second-order valence-corrected chi connectivity index (χ2v) is 1.87. The lowest BCUT2D eigenvalue weighted by molar-refractivity contribution is 0.166. The van der Waals surface area contributed by atoms with Crippen molar-refractivity contribution in [1.29, 1.82) is 0 Å². The van der Waals surface area contributed by atoms with Gasteiger partial charge in [0.05, 0.1) is 0 Å². The van der Waals surface area contributed by atoms with Crippen LogP contribution in [0.4, 0.5) is 0 Å². The van der Waals surface area contributed by atoms with E-state index in [2.05, 4.69) is 10.9 Å². The van der Waals surface area contributed by atoms with Gasteiger partial charge in [-0.25, -0.2) is 5.01 Å². The molecule has 0 aliphatic carbocycles. The normalized spacial score (nSPS) is 23.6. The zero-order valence-electron chi connectivity index (χ0n) is 4.85. The van der Waals surface area contributed by atoms with E-state index in [1.165, 1.54) is 0 Å². The van der Waals surface area contributed by atoms with E-state index in [4.69, 9.17) is 5.84 Å². The fourth-order valence-corrected chi connectivity index (χ4v) is 0.794. The monoisotopic (exact) mass is 116 g/mol. The first kappa shape index (κ1) is 5.97. The van der Waals surface area contributed by atoms with Gasteiger partial charge in [-0.1, -0.05) is 0 Å². The molecule has 8 heavy (non-hydrogen) atoms. The van der Waals surface area contributed by atoms with Crippen molar-refractivity contribution in [2.24, 2.45) is 5.84 Å². The van der Waals surface area contributed by atoms with Gasteiger partial charge in [0.15, 0.2) is 0 Å². The summed E-state index contributed by atoms with van der Waals surface area (Å²) in [7, 11) is 0. The van der Waals surface area contributed by atoms with E-state index >= 15 is 0 Å². The molecule has 48 valence electrons. The lowest BCUT2D eigenvalue weighted by Crippen LogP contribution is -2.52. The molecule has 0 atom stereocenters. The topological polar surface area (TPSA) is 53.3 Å². The second kappa shape index (κ2) is 2.99. The highest BCUT2D eigenvalue weighted by Crippen LogP contribution is 1.82. The maximum absolute atomic E-state index is 5.15. The summed E-state index contributed by atoms with van der Waals surface area (Å²) in [6, 6.07) is 0. The Morgan fingerprint density at radius 2 is 2.00 bits per heavy atom. The zero-order valence-corrected chi connectivity index (χ0v) is 4.85. The number of nitrogens with two attached hydrogens (primary N) is 1. The molecule has 0 unspecified atom stereocenters. The van der Waals surface area contributed by atoms with Gasteiger partial charge in [0.2, 0.25) is 0 Å². The predicted octanol–water partition coefficient (Wildman–Crippen LogP) is -1.73. The van der Waals surface area contributed by atoms with Crippen LogP contribution < -0.4 is 16.7 Å². The predicted molar refractivity (Wildman–Crippen MR) is 31.8 cm³/mol. The number of hydrogen-bond donors (Lipinski definition) is 3. The van der Waals surface area contributed by atoms with Crippen molar-refractivity contribution in [2.45, 2.75) is 0 Å². The van der Waals surface area contributed by atoms with Crippen LogP contribution in [0.15, 0.2) is 0 Å². The Labute approximate surface area is 49.0 Å². The van der Waals surface area contributed by atoms with Crippen LogP contribution >= 0.6 is 0 Å². The smallest absolute Gasteiger partial charge is 0.0270 e. The molecule has 0 radical (unpaired) electrons. The van der Waals surface area contributed by atoms with Crippen molar-refractivity contribution in [2.75, 3.05) is 26.2 Å². The van der Waals surface area contributed by atoms with Crippen LogP contribution in [0.2, 0.25) is 0 Å². The summed E-state index contributed by atoms with van der Waals surface area (Å²) in [4.78, 5) is 0. The minimum absolute atomic E-state index is 0.997. The summed E-state index contributed by atoms with van der Waals surface area (Å²) in [6.07, 6.45) is 0. The molecule has 4 N–H and O–H groups in total. The summed E-state index contributed by atoms with van der Waals surface area (Å²) >= 11 is 0. The van der Waals surface area contributed by atoms with E-state index < -0.39 is 0 Å². The third-order valence-corrected chi connectivity index (χ3v) is 1.30. The molecule has 0 bridgehead atoms. The molecule has 1 aliphatic heterocycles. The van der Waals surface area contributed by atoms with Crippen molar-refractivity contribution >= 4 is 0 Å². The van der Waals surface area contributed by atoms with E-state index in [1.54, 1.807) is 0 Å². The van der Waals surface area contributed by atoms with Crippen LogP contribution in [0.1, 0.15) is 0 Å². The van der Waals surface area contributed by atoms with Gasteiger partial charge in [-0.2, -0.15) is 5.53 Å². The van der Waals surface area contributed by atoms with Crippen LogP contribution in [0.25, 0.3) is 0 Å². The van der Waals surface area contributed by atoms with Gasteiger partial charge in [-0.05, 0) is 0 Å². The highest BCUT2D eigenvalue weighted by Gasteiger charge is 2.04. The summed E-state index contributed by atoms with van der Waals surface area (Å²) in [5.41, 5.74) is 2.60. The van der Waals surface area contributed by atoms with Gasteiger partial charge in [0.1, 0.15) is 0 Å². The largest absolute Gasteiger partial charge is 0.314 e. The average Bonchev–Trinajstić information content (AvgIpc) is 1.90. The van der Waals surface area contributed by atoms with Gasteiger partial charge in [0, 0.05) is 26.2 Å². The first-order chi connectivity index (χ1) is 3.93. The lowest BCUT2D eigenvalue weighted by Gasteiger charge is -2.25. The molecular weight excluding hydrogens is 104 g/mol. The minimum Gasteiger partial charge on any atom is -0.314 e. The Morgan fingerprint density at radius 1 is 1.38 bits per heavy atom. The SMILES string of the molecule is NNN1CCNCC1. The number of hydrazine groups is 2. The molecule has 0 amide bonds. The summed E-state index contributed by atoms with van der Waals surface area (Å²) in [6.45, 7) is 4.06. The first-order valence-electron chi connectivity index (χ1n) is 2.85. The Morgan fingerprint density at radius 3 is 2.38 bits per heavy atom. The molecule has 0 aromatic rings. The Bertz CT molecular complexity index is 59.1. The molecule has 1 heterocycles. The molecule has 4 nitrogen and oxygen atoms in total. The van der Waals surface area contributed by atoms with Gasteiger partial charge >= 0.3 is 0 Å². The second-order valence-electron chi connectivity index (χ2n) is 1.87. The van der Waals surface area contributed by atoms with Crippen LogP contribution in [-0.4, -0.2) is 31.2 Å². The molecule has 1 aliphatic rings. The van der Waals surface area contributed by atoms with Crippen LogP contribution in [0.3, 0.4) is 0 Å². The molecule has 0 saturated carbocycles. The lowest BCUT2D eigenvalue weighted by atomic mass is 10.4. The van der Waals surface area contributed by atoms with Crippen LogP contribution in [0.5, 0.6) is 0 Å². The molecule has 0 aromatic heterocycles. The van der Waals surface area contributed by atoms with Gasteiger partial charge < -0.3 is 5.32 Å². The Balaban J connectivity index is 2.13. The molecular formula is C4H12N4. The quantitative estimate of drug-likeness (QED) is 0.281. The summed E-state index contributed by atoms with van der Waals surface area (Å²) in [5, 5.41) is 5.19. The third kappa shape index (κ3) is 1.41. The number of rotatable bonds is 1. The molecule has 4 heteroatoms. The standard InChI is InChI=1S/C4H12N4/c5-7-8-3-1-6-2-4-8/h6-7H,1-5H2. The molecule has 0 spiro atoms. The molecule has 1 fully saturated rings. The zero-order chi connectivity index (χ0) is 5.82. The number of nitrogens with zero attached hydrogens (tertiary/aromatic N) is 1. The van der Waals surface area contributed by atoms with Crippen LogP contribution in [0, 0.1) is 0 Å². The number of piperazine rings is 1. The van der Waals surface area contributed by atoms with Crippen molar-refractivity contribution in [3.05, 3.63) is 0 Å². The van der Waals surface area contributed by atoms with Crippen LogP contribution in [-0.2, 0) is 0 Å².